The lowest BCUT2D eigenvalue weighted by Gasteiger charge is -2.24. The summed E-state index contributed by atoms with van der Waals surface area (Å²) >= 11 is 5.95. The molecule has 168 valence electrons. The molecule has 33 heavy (non-hydrogen) atoms. The summed E-state index contributed by atoms with van der Waals surface area (Å²) in [5.74, 6) is 1.62. The van der Waals surface area contributed by atoms with Crippen molar-refractivity contribution in [1.29, 1.82) is 0 Å². The molecule has 3 heterocycles. The van der Waals surface area contributed by atoms with E-state index in [9.17, 15) is 0 Å². The Morgan fingerprint density at radius 1 is 1.00 bits per heavy atom. The van der Waals surface area contributed by atoms with E-state index in [4.69, 9.17) is 22.1 Å². The highest BCUT2D eigenvalue weighted by Gasteiger charge is 2.26. The van der Waals surface area contributed by atoms with Crippen LogP contribution in [0, 0.1) is 4.77 Å². The molecule has 0 N–H and O–H groups in total. The highest BCUT2D eigenvalue weighted by Crippen LogP contribution is 2.26. The van der Waals surface area contributed by atoms with E-state index in [1.165, 1.54) is 18.4 Å². The maximum Gasteiger partial charge on any atom is 0.204 e. The molecule has 1 saturated heterocycles. The van der Waals surface area contributed by atoms with Crippen molar-refractivity contribution in [3.05, 3.63) is 89.5 Å². The summed E-state index contributed by atoms with van der Waals surface area (Å²) in [6.45, 7) is 1.73. The lowest BCUT2D eigenvalue weighted by molar-refractivity contribution is 0.188. The normalized spacial score (nSPS) is 16.2. The molecule has 0 radical (unpaired) electrons. The van der Waals surface area contributed by atoms with Crippen molar-refractivity contribution >= 4 is 12.2 Å². The first-order chi connectivity index (χ1) is 16.2. The Kier molecular flexibility index (Phi) is 6.32. The molecule has 5 rings (SSSR count). The molecule has 6 nitrogen and oxygen atoms in total. The smallest absolute Gasteiger partial charge is 0.204 e. The molecule has 0 bridgehead atoms. The lowest BCUT2D eigenvalue weighted by Crippen LogP contribution is -2.33. The topological polar surface area (TPSA) is 48.1 Å². The molecular weight excluding hydrogens is 430 g/mol. The summed E-state index contributed by atoms with van der Waals surface area (Å²) in [6, 6.07) is 23.1. The van der Waals surface area contributed by atoms with Crippen LogP contribution < -0.4 is 4.74 Å². The maximum absolute atomic E-state index is 5.95. The van der Waals surface area contributed by atoms with Crippen LogP contribution in [0.15, 0.2) is 79.1 Å². The van der Waals surface area contributed by atoms with Gasteiger partial charge in [0.25, 0.3) is 0 Å². The number of methoxy groups -OCH3 is 1. The van der Waals surface area contributed by atoms with Crippen molar-refractivity contribution < 1.29 is 4.74 Å². The largest absolute Gasteiger partial charge is 0.497 e. The van der Waals surface area contributed by atoms with Gasteiger partial charge in [0.1, 0.15) is 5.75 Å². The number of nitrogens with zero attached hydrogens (tertiary/aromatic N) is 5. The van der Waals surface area contributed by atoms with Gasteiger partial charge in [0, 0.05) is 30.5 Å². The standard InChI is InChI=1S/C26H27N5OS/c1-32-24-11-9-22(10-12-24)31-25(21-13-15-27-16-14-21)28-30(26(31)33)19-29-17-5-8-23(29)18-20-6-3-2-4-7-20/h2-4,6-7,9-16,23H,5,8,17-19H2,1H3. The zero-order valence-corrected chi connectivity index (χ0v) is 19.5. The number of likely N-dealkylation sites (tertiary alicyclic amines) is 1. The Hall–Kier alpha value is -3.29. The number of benzene rings is 2. The van der Waals surface area contributed by atoms with Gasteiger partial charge in [-0.05, 0) is 73.4 Å². The minimum atomic E-state index is 0.491. The number of ether oxygens (including phenoxy) is 1. The predicted octanol–water partition coefficient (Wildman–Crippen LogP) is 5.14. The van der Waals surface area contributed by atoms with Gasteiger partial charge in [0.15, 0.2) is 5.82 Å². The van der Waals surface area contributed by atoms with Crippen molar-refractivity contribution in [2.24, 2.45) is 0 Å². The van der Waals surface area contributed by atoms with Crippen LogP contribution in [-0.4, -0.2) is 43.9 Å². The number of pyridine rings is 1. The highest BCUT2D eigenvalue weighted by molar-refractivity contribution is 7.71. The van der Waals surface area contributed by atoms with E-state index in [0.29, 0.717) is 17.5 Å². The molecule has 0 amide bonds. The van der Waals surface area contributed by atoms with Crippen LogP contribution in [0.5, 0.6) is 5.75 Å². The molecule has 4 aromatic rings. The van der Waals surface area contributed by atoms with Crippen LogP contribution in [0.4, 0.5) is 0 Å². The Morgan fingerprint density at radius 3 is 2.48 bits per heavy atom. The number of hydrogen-bond acceptors (Lipinski definition) is 5. The van der Waals surface area contributed by atoms with Crippen molar-refractivity contribution in [2.45, 2.75) is 32.0 Å². The van der Waals surface area contributed by atoms with Crippen LogP contribution in [0.3, 0.4) is 0 Å². The van der Waals surface area contributed by atoms with Gasteiger partial charge < -0.3 is 4.74 Å². The summed E-state index contributed by atoms with van der Waals surface area (Å²) in [6.07, 6.45) is 7.00. The Morgan fingerprint density at radius 2 is 1.76 bits per heavy atom. The van der Waals surface area contributed by atoms with E-state index in [0.717, 1.165) is 35.8 Å². The van der Waals surface area contributed by atoms with E-state index >= 15 is 0 Å². The van der Waals surface area contributed by atoms with Gasteiger partial charge in [-0.25, -0.2) is 4.68 Å². The fraction of sp³-hybridized carbons (Fsp3) is 0.269. The summed E-state index contributed by atoms with van der Waals surface area (Å²) < 4.78 is 10.0. The van der Waals surface area contributed by atoms with Crippen molar-refractivity contribution in [3.63, 3.8) is 0 Å². The average molecular weight is 458 g/mol. The van der Waals surface area contributed by atoms with Crippen molar-refractivity contribution in [2.75, 3.05) is 13.7 Å². The first-order valence-electron chi connectivity index (χ1n) is 11.3. The van der Waals surface area contributed by atoms with Crippen LogP contribution in [0.2, 0.25) is 0 Å². The summed E-state index contributed by atoms with van der Waals surface area (Å²) in [5.41, 5.74) is 3.31. The van der Waals surface area contributed by atoms with Gasteiger partial charge in [0.05, 0.1) is 19.5 Å². The second-order valence-electron chi connectivity index (χ2n) is 8.31. The van der Waals surface area contributed by atoms with Gasteiger partial charge in [-0.2, -0.15) is 0 Å². The molecule has 2 aromatic carbocycles. The zero-order chi connectivity index (χ0) is 22.6. The number of hydrogen-bond donors (Lipinski definition) is 0. The highest BCUT2D eigenvalue weighted by atomic mass is 32.1. The van der Waals surface area contributed by atoms with Crippen LogP contribution in [0.25, 0.3) is 17.1 Å². The first-order valence-corrected chi connectivity index (χ1v) is 11.7. The maximum atomic E-state index is 5.95. The molecule has 1 atom stereocenters. The molecular formula is C26H27N5OS. The molecule has 7 heteroatoms. The lowest BCUT2D eigenvalue weighted by atomic mass is 10.0. The van der Waals surface area contributed by atoms with Gasteiger partial charge in [-0.1, -0.05) is 30.3 Å². The van der Waals surface area contributed by atoms with E-state index in [1.807, 2.05) is 45.6 Å². The Balaban J connectivity index is 1.49. The second kappa shape index (κ2) is 9.68. The molecule has 0 aliphatic carbocycles. The van der Waals surface area contributed by atoms with Gasteiger partial charge in [-0.3, -0.25) is 14.5 Å². The van der Waals surface area contributed by atoms with E-state index in [2.05, 4.69) is 40.2 Å². The molecule has 1 aliphatic rings. The minimum Gasteiger partial charge on any atom is -0.497 e. The van der Waals surface area contributed by atoms with Crippen LogP contribution in [0.1, 0.15) is 18.4 Å². The average Bonchev–Trinajstić information content (AvgIpc) is 3.44. The summed E-state index contributed by atoms with van der Waals surface area (Å²) in [7, 11) is 1.67. The monoisotopic (exact) mass is 457 g/mol. The molecule has 1 aliphatic heterocycles. The third-order valence-electron chi connectivity index (χ3n) is 6.24. The number of aromatic nitrogens is 4. The fourth-order valence-electron chi connectivity index (χ4n) is 4.52. The third-order valence-corrected chi connectivity index (χ3v) is 6.63. The fourth-order valence-corrected chi connectivity index (χ4v) is 4.81. The molecule has 1 unspecified atom stereocenters. The van der Waals surface area contributed by atoms with E-state index < -0.39 is 0 Å². The molecule has 1 fully saturated rings. The molecule has 0 spiro atoms. The van der Waals surface area contributed by atoms with Gasteiger partial charge in [-0.15, -0.1) is 5.10 Å². The Bertz CT molecular complexity index is 1250. The first kappa shape index (κ1) is 21.6. The van der Waals surface area contributed by atoms with Gasteiger partial charge in [0.2, 0.25) is 4.77 Å². The second-order valence-corrected chi connectivity index (χ2v) is 8.68. The SMILES string of the molecule is COc1ccc(-n2c(-c3ccncc3)nn(CN3CCCC3Cc3ccccc3)c2=S)cc1. The van der Waals surface area contributed by atoms with Crippen LogP contribution >= 0.6 is 12.2 Å². The zero-order valence-electron chi connectivity index (χ0n) is 18.7. The van der Waals surface area contributed by atoms with Crippen LogP contribution in [-0.2, 0) is 13.1 Å². The van der Waals surface area contributed by atoms with E-state index in [-0.39, 0.29) is 0 Å². The molecule has 2 aromatic heterocycles. The van der Waals surface area contributed by atoms with Crippen molar-refractivity contribution in [1.82, 2.24) is 24.2 Å². The quantitative estimate of drug-likeness (QED) is 0.360. The number of rotatable bonds is 7. The van der Waals surface area contributed by atoms with E-state index in [1.54, 1.807) is 19.5 Å². The van der Waals surface area contributed by atoms with Gasteiger partial charge >= 0.3 is 0 Å². The summed E-state index contributed by atoms with van der Waals surface area (Å²) in [4.78, 5) is 6.67. The Labute approximate surface area is 199 Å². The van der Waals surface area contributed by atoms with Crippen molar-refractivity contribution in [3.8, 4) is 22.8 Å². The third kappa shape index (κ3) is 4.60. The predicted molar refractivity (Wildman–Crippen MR) is 132 cm³/mol. The molecule has 0 saturated carbocycles. The minimum absolute atomic E-state index is 0.491. The summed E-state index contributed by atoms with van der Waals surface area (Å²) in [5, 5.41) is 4.98.